The van der Waals surface area contributed by atoms with Gasteiger partial charge in [0.1, 0.15) is 13.2 Å². The molecule has 0 aliphatic heterocycles. The van der Waals surface area contributed by atoms with E-state index in [1.54, 1.807) is 0 Å². The average molecular weight is 859 g/mol. The quantitative estimate of drug-likeness (QED) is 0.0274. The predicted octanol–water partition coefficient (Wildman–Crippen LogP) is 13.1. The van der Waals surface area contributed by atoms with Crippen LogP contribution in [0.15, 0.2) is 85.1 Å². The molecule has 0 aliphatic rings. The van der Waals surface area contributed by atoms with Gasteiger partial charge in [-0.05, 0) is 70.6 Å². The summed E-state index contributed by atoms with van der Waals surface area (Å²) in [7, 11) is 1.27. The van der Waals surface area contributed by atoms with Gasteiger partial charge in [0.25, 0.3) is 7.82 Å². The molecule has 1 amide bonds. The topological polar surface area (TPSA) is 108 Å². The maximum atomic E-state index is 12.9. The summed E-state index contributed by atoms with van der Waals surface area (Å²) in [4.78, 5) is 25.3. The molecule has 0 aromatic rings. The number of carbonyl (C=O) groups excluding carboxylic acids is 1. The minimum absolute atomic E-state index is 0.00318. The van der Waals surface area contributed by atoms with Crippen molar-refractivity contribution in [1.29, 1.82) is 0 Å². The van der Waals surface area contributed by atoms with E-state index in [1.165, 1.54) is 51.4 Å². The van der Waals surface area contributed by atoms with Crippen LogP contribution in [0, 0.1) is 0 Å². The molecular weight excluding hydrogens is 768 g/mol. The first-order chi connectivity index (χ1) is 29.0. The lowest BCUT2D eigenvalue weighted by molar-refractivity contribution is -0.870. The van der Waals surface area contributed by atoms with E-state index in [0.717, 1.165) is 103 Å². The van der Waals surface area contributed by atoms with E-state index in [-0.39, 0.29) is 19.1 Å². The lowest BCUT2D eigenvalue weighted by Gasteiger charge is -2.30. The van der Waals surface area contributed by atoms with E-state index in [0.29, 0.717) is 23.9 Å². The first-order valence-corrected chi connectivity index (χ1v) is 25.4. The number of amides is 1. The zero-order chi connectivity index (χ0) is 44.3. The van der Waals surface area contributed by atoms with Crippen LogP contribution in [0.25, 0.3) is 0 Å². The van der Waals surface area contributed by atoms with Gasteiger partial charge in [0, 0.05) is 6.42 Å². The Kier molecular flexibility index (Phi) is 40.4. The summed E-state index contributed by atoms with van der Waals surface area (Å²) in [6.45, 7) is 4.56. The van der Waals surface area contributed by atoms with Crippen molar-refractivity contribution in [2.24, 2.45) is 0 Å². The molecule has 0 bridgehead atoms. The van der Waals surface area contributed by atoms with Gasteiger partial charge in [-0.15, -0.1) is 0 Å². The molecule has 0 aromatic heterocycles. The number of nitrogens with one attached hydrogen (secondary N) is 1. The molecule has 0 saturated heterocycles. The second-order valence-corrected chi connectivity index (χ2v) is 18.5. The van der Waals surface area contributed by atoms with Gasteiger partial charge < -0.3 is 28.8 Å². The Bertz CT molecular complexity index is 1250. The highest BCUT2D eigenvalue weighted by molar-refractivity contribution is 7.45. The van der Waals surface area contributed by atoms with E-state index in [4.69, 9.17) is 9.05 Å². The Morgan fingerprint density at radius 3 is 1.48 bits per heavy atom. The fraction of sp³-hybridized carbons (Fsp3) is 0.706. The van der Waals surface area contributed by atoms with E-state index in [9.17, 15) is 19.4 Å². The first kappa shape index (κ1) is 57.7. The van der Waals surface area contributed by atoms with Gasteiger partial charge in [-0.1, -0.05) is 189 Å². The smallest absolute Gasteiger partial charge is 0.268 e. The first-order valence-electron chi connectivity index (χ1n) is 23.9. The molecule has 3 unspecified atom stereocenters. The number of phosphoric acid groups is 1. The molecule has 346 valence electrons. The zero-order valence-corrected chi connectivity index (χ0v) is 40.0. The zero-order valence-electron chi connectivity index (χ0n) is 39.1. The molecule has 0 aromatic carbocycles. The third-order valence-electron chi connectivity index (χ3n) is 10.1. The van der Waals surface area contributed by atoms with Crippen LogP contribution in [0.1, 0.15) is 181 Å². The molecule has 9 heteroatoms. The number of phosphoric ester groups is 1. The number of aliphatic hydroxyl groups excluding tert-OH is 1. The second-order valence-electron chi connectivity index (χ2n) is 17.1. The maximum Gasteiger partial charge on any atom is 0.268 e. The lowest BCUT2D eigenvalue weighted by Crippen LogP contribution is -2.46. The van der Waals surface area contributed by atoms with Crippen molar-refractivity contribution in [3.8, 4) is 0 Å². The summed E-state index contributed by atoms with van der Waals surface area (Å²) in [6, 6.07) is -0.815. The Balaban J connectivity index is 4.29. The number of hydrogen-bond donors (Lipinski definition) is 2. The summed E-state index contributed by atoms with van der Waals surface area (Å²) in [5.74, 6) is -0.189. The molecule has 0 radical (unpaired) electrons. The number of nitrogens with zero attached hydrogens (tertiary/aromatic N) is 1. The molecule has 0 heterocycles. The van der Waals surface area contributed by atoms with Crippen molar-refractivity contribution in [3.63, 3.8) is 0 Å². The Morgan fingerprint density at radius 2 is 1.02 bits per heavy atom. The summed E-state index contributed by atoms with van der Waals surface area (Å²) in [5.41, 5.74) is 0. The van der Waals surface area contributed by atoms with Crippen LogP contribution in [-0.4, -0.2) is 68.5 Å². The fourth-order valence-electron chi connectivity index (χ4n) is 6.37. The second kappa shape index (κ2) is 42.0. The van der Waals surface area contributed by atoms with Gasteiger partial charge in [0.05, 0.1) is 39.9 Å². The van der Waals surface area contributed by atoms with Gasteiger partial charge in [0.15, 0.2) is 0 Å². The molecule has 2 N–H and O–H groups in total. The van der Waals surface area contributed by atoms with Crippen LogP contribution in [0.5, 0.6) is 0 Å². The van der Waals surface area contributed by atoms with Gasteiger partial charge in [-0.2, -0.15) is 0 Å². The van der Waals surface area contributed by atoms with Crippen molar-refractivity contribution < 1.29 is 32.9 Å². The minimum Gasteiger partial charge on any atom is -0.756 e. The van der Waals surface area contributed by atoms with Gasteiger partial charge >= 0.3 is 0 Å². The maximum absolute atomic E-state index is 12.9. The third kappa shape index (κ3) is 43.8. The number of aliphatic hydroxyl groups is 1. The van der Waals surface area contributed by atoms with Crippen molar-refractivity contribution in [1.82, 2.24) is 5.32 Å². The molecular formula is C51H91N2O6P. The third-order valence-corrected chi connectivity index (χ3v) is 11.1. The number of hydrogen-bond acceptors (Lipinski definition) is 6. The summed E-state index contributed by atoms with van der Waals surface area (Å²) in [5, 5.41) is 13.9. The van der Waals surface area contributed by atoms with Crippen molar-refractivity contribution in [3.05, 3.63) is 85.1 Å². The normalized spacial score (nSPS) is 15.0. The lowest BCUT2D eigenvalue weighted by atomic mass is 10.0. The van der Waals surface area contributed by atoms with Gasteiger partial charge in [-0.25, -0.2) is 0 Å². The predicted molar refractivity (Wildman–Crippen MR) is 256 cm³/mol. The Hall–Kier alpha value is -2.32. The summed E-state index contributed by atoms with van der Waals surface area (Å²) < 4.78 is 23.2. The molecule has 0 spiro atoms. The van der Waals surface area contributed by atoms with Crippen LogP contribution in [0.2, 0.25) is 0 Å². The number of allylic oxidation sites excluding steroid dienone is 14. The molecule has 60 heavy (non-hydrogen) atoms. The molecule has 0 saturated carbocycles. The number of unbranched alkanes of at least 4 members (excludes halogenated alkanes) is 15. The average Bonchev–Trinajstić information content (AvgIpc) is 3.20. The summed E-state index contributed by atoms with van der Waals surface area (Å²) in [6.07, 6.45) is 57.3. The van der Waals surface area contributed by atoms with Crippen LogP contribution >= 0.6 is 7.82 Å². The highest BCUT2D eigenvalue weighted by Gasteiger charge is 2.24. The van der Waals surface area contributed by atoms with E-state index < -0.39 is 20.0 Å². The molecule has 0 fully saturated rings. The largest absolute Gasteiger partial charge is 0.756 e. The number of quaternary nitrogens is 1. The standard InChI is InChI=1S/C51H91N2O6P/c1-6-8-10-12-14-16-18-19-20-21-22-23-24-25-26-27-28-29-30-31-32-33-35-37-39-41-43-45-51(55)52-49(48-59-60(56,57)58-47-46-53(3,4)5)50(54)44-42-40-38-36-34-17-15-13-11-9-7-2/h8,10,14,16,19-20,22-23,25-26,28-29,31-32,49-50,54H,6-7,9,11-13,15,17-18,21,24,27,30,33-48H2,1-5H3,(H-,52,55,56,57)/b10-8-,16-14-,20-19-,23-22-,26-25-,29-28-,32-31-. The number of likely N-dealkylation sites (N-methyl/N-ethyl adjacent to an activating group) is 1. The minimum atomic E-state index is -4.57. The fourth-order valence-corrected chi connectivity index (χ4v) is 7.09. The van der Waals surface area contributed by atoms with Crippen LogP contribution in [-0.2, 0) is 18.4 Å². The van der Waals surface area contributed by atoms with Crippen LogP contribution in [0.4, 0.5) is 0 Å². The Labute approximate surface area is 369 Å². The van der Waals surface area contributed by atoms with E-state index >= 15 is 0 Å². The SMILES string of the molecule is CC/C=C\C/C=C\C/C=C\C/C=C\C/C=C\C/C=C\C/C=C\CCCCCCCC(=O)NC(COP(=O)([O-])OCC[N+](C)(C)C)C(O)CCCCCCCCCCCCC. The van der Waals surface area contributed by atoms with E-state index in [2.05, 4.69) is 104 Å². The highest BCUT2D eigenvalue weighted by Crippen LogP contribution is 2.38. The molecule has 8 nitrogen and oxygen atoms in total. The number of carbonyl (C=O) groups is 1. The highest BCUT2D eigenvalue weighted by atomic mass is 31.2. The Morgan fingerprint density at radius 1 is 0.600 bits per heavy atom. The molecule has 3 atom stereocenters. The number of rotatable bonds is 42. The van der Waals surface area contributed by atoms with Crippen LogP contribution < -0.4 is 10.2 Å². The van der Waals surface area contributed by atoms with Crippen molar-refractivity contribution >= 4 is 13.7 Å². The van der Waals surface area contributed by atoms with Crippen LogP contribution in [0.3, 0.4) is 0 Å². The summed E-state index contributed by atoms with van der Waals surface area (Å²) >= 11 is 0. The molecule has 0 rings (SSSR count). The van der Waals surface area contributed by atoms with Crippen molar-refractivity contribution in [2.75, 3.05) is 40.9 Å². The monoisotopic (exact) mass is 859 g/mol. The van der Waals surface area contributed by atoms with Gasteiger partial charge in [0.2, 0.25) is 5.91 Å². The molecule has 0 aliphatic carbocycles. The van der Waals surface area contributed by atoms with Crippen molar-refractivity contribution in [2.45, 2.75) is 193 Å². The van der Waals surface area contributed by atoms with Gasteiger partial charge in [-0.3, -0.25) is 9.36 Å². The van der Waals surface area contributed by atoms with E-state index in [1.807, 2.05) is 21.1 Å².